The molecule has 19 heavy (non-hydrogen) atoms. The predicted molar refractivity (Wildman–Crippen MR) is 90.8 cm³/mol. The molecule has 2 rings (SSSR count). The molecule has 100 valence electrons. The lowest BCUT2D eigenvalue weighted by Gasteiger charge is -2.16. The highest BCUT2D eigenvalue weighted by Crippen LogP contribution is 2.29. The Labute approximate surface area is 140 Å². The number of halogens is 4. The van der Waals surface area contributed by atoms with Gasteiger partial charge in [0.15, 0.2) is 0 Å². The number of rotatable bonds is 4. The zero-order valence-electron chi connectivity index (χ0n) is 10.0. The van der Waals surface area contributed by atoms with Gasteiger partial charge in [-0.1, -0.05) is 73.3 Å². The van der Waals surface area contributed by atoms with Gasteiger partial charge in [0.05, 0.1) is 0 Å². The first kappa shape index (κ1) is 15.4. The van der Waals surface area contributed by atoms with Crippen molar-refractivity contribution in [2.24, 2.45) is 0 Å². The van der Waals surface area contributed by atoms with Crippen molar-refractivity contribution in [3.8, 4) is 0 Å². The molecule has 2 aromatic rings. The van der Waals surface area contributed by atoms with Crippen molar-refractivity contribution in [3.05, 3.63) is 68.1 Å². The SMILES string of the molecule is Clc1ccc(C(CBr)Cc2ccc(Br)cc2Cl)cc1. The number of benzene rings is 2. The Balaban J connectivity index is 2.21. The van der Waals surface area contributed by atoms with Gasteiger partial charge in [-0.2, -0.15) is 0 Å². The van der Waals surface area contributed by atoms with Crippen LogP contribution in [0.4, 0.5) is 0 Å². The van der Waals surface area contributed by atoms with Gasteiger partial charge in [0.1, 0.15) is 0 Å². The molecule has 0 fully saturated rings. The van der Waals surface area contributed by atoms with Gasteiger partial charge in [-0.25, -0.2) is 0 Å². The summed E-state index contributed by atoms with van der Waals surface area (Å²) in [5.74, 6) is 0.385. The molecule has 1 unspecified atom stereocenters. The summed E-state index contributed by atoms with van der Waals surface area (Å²) in [5, 5.41) is 2.45. The van der Waals surface area contributed by atoms with E-state index in [1.165, 1.54) is 5.56 Å². The van der Waals surface area contributed by atoms with Crippen LogP contribution >= 0.6 is 55.1 Å². The Morgan fingerprint density at radius 1 is 1.00 bits per heavy atom. The minimum Gasteiger partial charge on any atom is -0.0921 e. The van der Waals surface area contributed by atoms with Crippen molar-refractivity contribution in [3.63, 3.8) is 0 Å². The van der Waals surface area contributed by atoms with Crippen LogP contribution in [0.15, 0.2) is 46.9 Å². The van der Waals surface area contributed by atoms with Gasteiger partial charge < -0.3 is 0 Å². The van der Waals surface area contributed by atoms with Crippen molar-refractivity contribution in [2.45, 2.75) is 12.3 Å². The average Bonchev–Trinajstić information content (AvgIpc) is 2.39. The highest BCUT2D eigenvalue weighted by Gasteiger charge is 2.13. The van der Waals surface area contributed by atoms with Crippen molar-refractivity contribution >= 4 is 55.1 Å². The monoisotopic (exact) mass is 420 g/mol. The quantitative estimate of drug-likeness (QED) is 0.495. The first-order chi connectivity index (χ1) is 9.10. The van der Waals surface area contributed by atoms with Crippen molar-refractivity contribution < 1.29 is 0 Å². The van der Waals surface area contributed by atoms with Crippen LogP contribution in [-0.4, -0.2) is 5.33 Å². The molecule has 0 aliphatic rings. The minimum atomic E-state index is 0.385. The summed E-state index contributed by atoms with van der Waals surface area (Å²) in [6, 6.07) is 14.0. The molecule has 0 saturated carbocycles. The summed E-state index contributed by atoms with van der Waals surface area (Å²) in [7, 11) is 0. The molecule has 0 heterocycles. The molecular weight excluding hydrogens is 411 g/mol. The summed E-state index contributed by atoms with van der Waals surface area (Å²) in [6.45, 7) is 0. The highest BCUT2D eigenvalue weighted by atomic mass is 79.9. The third-order valence-electron chi connectivity index (χ3n) is 3.01. The van der Waals surface area contributed by atoms with E-state index in [0.29, 0.717) is 5.92 Å². The Morgan fingerprint density at radius 2 is 1.68 bits per heavy atom. The standard InChI is InChI=1S/C15H12Br2Cl2/c16-9-12(10-2-5-14(18)6-3-10)7-11-1-4-13(17)8-15(11)19/h1-6,8,12H,7,9H2. The van der Waals surface area contributed by atoms with Gasteiger partial charge in [0, 0.05) is 19.8 Å². The largest absolute Gasteiger partial charge is 0.0921 e. The van der Waals surface area contributed by atoms with Gasteiger partial charge in [-0.15, -0.1) is 0 Å². The van der Waals surface area contributed by atoms with Crippen LogP contribution in [-0.2, 0) is 6.42 Å². The third kappa shape index (κ3) is 4.22. The smallest absolute Gasteiger partial charge is 0.0449 e. The minimum absolute atomic E-state index is 0.385. The van der Waals surface area contributed by atoms with Crippen LogP contribution in [0, 0.1) is 0 Å². The Morgan fingerprint density at radius 3 is 2.26 bits per heavy atom. The second kappa shape index (κ2) is 7.12. The topological polar surface area (TPSA) is 0 Å². The van der Waals surface area contributed by atoms with Gasteiger partial charge in [-0.05, 0) is 47.7 Å². The molecule has 0 aliphatic heterocycles. The summed E-state index contributed by atoms with van der Waals surface area (Å²) in [6.07, 6.45) is 0.902. The van der Waals surface area contributed by atoms with Crippen LogP contribution in [0.1, 0.15) is 17.0 Å². The normalized spacial score (nSPS) is 12.4. The number of hydrogen-bond donors (Lipinski definition) is 0. The van der Waals surface area contributed by atoms with Crippen molar-refractivity contribution in [2.75, 3.05) is 5.33 Å². The lowest BCUT2D eigenvalue weighted by Crippen LogP contribution is -2.04. The molecule has 0 aromatic heterocycles. The Hall–Kier alpha value is -0.0200. The van der Waals surface area contributed by atoms with E-state index in [1.807, 2.05) is 24.3 Å². The molecular formula is C15H12Br2Cl2. The fourth-order valence-corrected chi connectivity index (χ4v) is 3.43. The molecule has 0 nitrogen and oxygen atoms in total. The maximum absolute atomic E-state index is 6.28. The zero-order valence-corrected chi connectivity index (χ0v) is 14.7. The number of alkyl halides is 1. The Kier molecular flexibility index (Phi) is 5.76. The Bertz CT molecular complexity index is 553. The van der Waals surface area contributed by atoms with E-state index in [4.69, 9.17) is 23.2 Å². The second-order valence-electron chi connectivity index (χ2n) is 4.34. The summed E-state index contributed by atoms with van der Waals surface area (Å²) in [4.78, 5) is 0. The van der Waals surface area contributed by atoms with E-state index in [2.05, 4.69) is 50.1 Å². The molecule has 0 spiro atoms. The molecule has 4 heteroatoms. The first-order valence-electron chi connectivity index (χ1n) is 5.85. The van der Waals surface area contributed by atoms with Crippen LogP contribution in [0.25, 0.3) is 0 Å². The summed E-state index contributed by atoms with van der Waals surface area (Å²) in [5.41, 5.74) is 2.42. The van der Waals surface area contributed by atoms with Gasteiger partial charge in [0.2, 0.25) is 0 Å². The van der Waals surface area contributed by atoms with Crippen LogP contribution in [0.2, 0.25) is 10.0 Å². The van der Waals surface area contributed by atoms with Crippen LogP contribution < -0.4 is 0 Å². The molecule has 0 aliphatic carbocycles. The predicted octanol–water partition coefficient (Wildman–Crippen LogP) is 6.48. The molecule has 0 amide bonds. The van der Waals surface area contributed by atoms with E-state index < -0.39 is 0 Å². The molecule has 0 saturated heterocycles. The lowest BCUT2D eigenvalue weighted by molar-refractivity contribution is 0.775. The molecule has 0 radical (unpaired) electrons. The third-order valence-corrected chi connectivity index (χ3v) is 4.89. The van der Waals surface area contributed by atoms with Crippen LogP contribution in [0.5, 0.6) is 0 Å². The van der Waals surface area contributed by atoms with Crippen molar-refractivity contribution in [1.82, 2.24) is 0 Å². The maximum Gasteiger partial charge on any atom is 0.0449 e. The molecule has 1 atom stereocenters. The fourth-order valence-electron chi connectivity index (χ4n) is 1.95. The molecule has 0 N–H and O–H groups in total. The van der Waals surface area contributed by atoms with E-state index in [9.17, 15) is 0 Å². The van der Waals surface area contributed by atoms with Gasteiger partial charge in [0.25, 0.3) is 0 Å². The summed E-state index contributed by atoms with van der Waals surface area (Å²) >= 11 is 19.2. The van der Waals surface area contributed by atoms with Crippen LogP contribution in [0.3, 0.4) is 0 Å². The summed E-state index contributed by atoms with van der Waals surface area (Å²) < 4.78 is 1.00. The first-order valence-corrected chi connectivity index (χ1v) is 8.52. The van der Waals surface area contributed by atoms with E-state index in [0.717, 1.165) is 31.8 Å². The van der Waals surface area contributed by atoms with Gasteiger partial charge >= 0.3 is 0 Å². The average molecular weight is 423 g/mol. The van der Waals surface area contributed by atoms with Crippen molar-refractivity contribution in [1.29, 1.82) is 0 Å². The fraction of sp³-hybridized carbons (Fsp3) is 0.200. The molecule has 0 bridgehead atoms. The highest BCUT2D eigenvalue weighted by molar-refractivity contribution is 9.10. The van der Waals surface area contributed by atoms with E-state index in [1.54, 1.807) is 0 Å². The zero-order chi connectivity index (χ0) is 13.8. The second-order valence-corrected chi connectivity index (χ2v) is 6.75. The lowest BCUT2D eigenvalue weighted by atomic mass is 9.94. The van der Waals surface area contributed by atoms with Gasteiger partial charge in [-0.3, -0.25) is 0 Å². The maximum atomic E-state index is 6.28. The van der Waals surface area contributed by atoms with E-state index >= 15 is 0 Å². The van der Waals surface area contributed by atoms with E-state index in [-0.39, 0.29) is 0 Å². The molecule has 2 aromatic carbocycles. The number of hydrogen-bond acceptors (Lipinski definition) is 0.